The van der Waals surface area contributed by atoms with Crippen LogP contribution in [-0.4, -0.2) is 45.6 Å². The Morgan fingerprint density at radius 1 is 1.29 bits per heavy atom. The molecule has 2 aromatic heterocycles. The third-order valence-electron chi connectivity index (χ3n) is 4.23. The number of pyridine rings is 1. The van der Waals surface area contributed by atoms with Crippen LogP contribution in [0.3, 0.4) is 0 Å². The molecule has 3 heterocycles. The van der Waals surface area contributed by atoms with Crippen LogP contribution in [0.15, 0.2) is 30.7 Å². The van der Waals surface area contributed by atoms with E-state index in [0.29, 0.717) is 19.8 Å². The zero-order valence-electron chi connectivity index (χ0n) is 14.0. The molecule has 0 aliphatic carbocycles. The third kappa shape index (κ3) is 3.47. The maximum absolute atomic E-state index is 12.1. The summed E-state index contributed by atoms with van der Waals surface area (Å²) in [6.45, 7) is 4.51. The number of nitrogens with zero attached hydrogens (tertiary/aromatic N) is 4. The number of imidazole rings is 1. The summed E-state index contributed by atoms with van der Waals surface area (Å²) in [5.74, 6) is 0.892. The molecule has 0 N–H and O–H groups in total. The monoisotopic (exact) mass is 330 g/mol. The Bertz CT molecular complexity index is 686. The van der Waals surface area contributed by atoms with Gasteiger partial charge in [-0.15, -0.1) is 0 Å². The fourth-order valence-corrected chi connectivity index (χ4v) is 2.97. The Balaban J connectivity index is 1.63. The lowest BCUT2D eigenvalue weighted by molar-refractivity contribution is -0.138. The largest absolute Gasteiger partial charge is 0.375 e. The fourth-order valence-electron chi connectivity index (χ4n) is 2.97. The van der Waals surface area contributed by atoms with Gasteiger partial charge >= 0.3 is 0 Å². The lowest BCUT2D eigenvalue weighted by Crippen LogP contribution is -2.43. The minimum atomic E-state index is -0.0599. The van der Waals surface area contributed by atoms with E-state index in [0.717, 1.165) is 23.6 Å². The van der Waals surface area contributed by atoms with Crippen LogP contribution in [0.2, 0.25) is 0 Å². The summed E-state index contributed by atoms with van der Waals surface area (Å²) < 4.78 is 12.9. The number of ether oxygens (including phenoxy) is 2. The summed E-state index contributed by atoms with van der Waals surface area (Å²) in [6, 6.07) is 3.82. The summed E-state index contributed by atoms with van der Waals surface area (Å²) >= 11 is 0. The van der Waals surface area contributed by atoms with E-state index in [1.54, 1.807) is 12.4 Å². The van der Waals surface area contributed by atoms with Gasteiger partial charge in [-0.05, 0) is 24.6 Å². The highest BCUT2D eigenvalue weighted by atomic mass is 16.5. The van der Waals surface area contributed by atoms with Gasteiger partial charge in [-0.25, -0.2) is 4.98 Å². The van der Waals surface area contributed by atoms with E-state index in [9.17, 15) is 4.79 Å². The molecule has 7 heteroatoms. The minimum Gasteiger partial charge on any atom is -0.375 e. The number of hydrogen-bond acceptors (Lipinski definition) is 5. The minimum absolute atomic E-state index is 0.00487. The van der Waals surface area contributed by atoms with Gasteiger partial charge in [-0.2, -0.15) is 0 Å². The van der Waals surface area contributed by atoms with Gasteiger partial charge in [0.1, 0.15) is 12.4 Å². The van der Waals surface area contributed by atoms with Crippen LogP contribution in [0.4, 0.5) is 0 Å². The summed E-state index contributed by atoms with van der Waals surface area (Å²) in [7, 11) is 1.53. The first-order valence-corrected chi connectivity index (χ1v) is 8.00. The second-order valence-corrected chi connectivity index (χ2v) is 5.80. The molecule has 1 amide bonds. The van der Waals surface area contributed by atoms with E-state index in [2.05, 4.69) is 14.5 Å². The number of hydrogen-bond donors (Lipinski definition) is 0. The predicted molar refractivity (Wildman–Crippen MR) is 87.0 cm³/mol. The number of methoxy groups -OCH3 is 1. The van der Waals surface area contributed by atoms with Crippen molar-refractivity contribution in [2.75, 3.05) is 20.3 Å². The van der Waals surface area contributed by atoms with Gasteiger partial charge in [0, 0.05) is 32.6 Å². The molecular formula is C17H22N4O3. The molecular weight excluding hydrogens is 308 g/mol. The first-order chi connectivity index (χ1) is 11.7. The van der Waals surface area contributed by atoms with E-state index in [1.807, 2.05) is 30.2 Å². The van der Waals surface area contributed by atoms with E-state index in [4.69, 9.17) is 9.47 Å². The molecule has 3 rings (SSSR count). The molecule has 0 bridgehead atoms. The second-order valence-electron chi connectivity index (χ2n) is 5.80. The molecule has 0 aromatic carbocycles. The Morgan fingerprint density at radius 2 is 2.08 bits per heavy atom. The normalized spacial score (nSPS) is 16.9. The van der Waals surface area contributed by atoms with Crippen LogP contribution in [0.5, 0.6) is 0 Å². The van der Waals surface area contributed by atoms with Crippen molar-refractivity contribution in [1.29, 1.82) is 0 Å². The summed E-state index contributed by atoms with van der Waals surface area (Å²) in [6.07, 6.45) is 5.35. The van der Waals surface area contributed by atoms with Crippen LogP contribution in [0.25, 0.3) is 0 Å². The van der Waals surface area contributed by atoms with Crippen LogP contribution >= 0.6 is 0 Å². The van der Waals surface area contributed by atoms with Gasteiger partial charge in [0.25, 0.3) is 0 Å². The molecule has 24 heavy (non-hydrogen) atoms. The molecule has 1 aliphatic heterocycles. The van der Waals surface area contributed by atoms with Crippen LogP contribution in [0.1, 0.15) is 30.0 Å². The van der Waals surface area contributed by atoms with Crippen LogP contribution < -0.4 is 0 Å². The standard InChI is InChI=1S/C17H22N4O3/c1-13-17-19-9-15(11-24-10-14-3-5-18-6-4-14)21(17)8-7-20(13)16(22)12-23-2/h3-6,9,13H,7-8,10-12H2,1-2H3/t13-/m1/s1. The Kier molecular flexibility index (Phi) is 5.22. The van der Waals surface area contributed by atoms with E-state index >= 15 is 0 Å². The van der Waals surface area contributed by atoms with E-state index in [1.165, 1.54) is 7.11 Å². The average molecular weight is 330 g/mol. The van der Waals surface area contributed by atoms with Crippen molar-refractivity contribution in [3.8, 4) is 0 Å². The first-order valence-electron chi connectivity index (χ1n) is 8.00. The number of amides is 1. The van der Waals surface area contributed by atoms with Gasteiger partial charge in [0.15, 0.2) is 0 Å². The summed E-state index contributed by atoms with van der Waals surface area (Å²) in [4.78, 5) is 22.4. The highest BCUT2D eigenvalue weighted by Crippen LogP contribution is 2.25. The second kappa shape index (κ2) is 7.55. The van der Waals surface area contributed by atoms with Crippen molar-refractivity contribution >= 4 is 5.91 Å². The Labute approximate surface area is 141 Å². The van der Waals surface area contributed by atoms with E-state index in [-0.39, 0.29) is 18.6 Å². The van der Waals surface area contributed by atoms with Gasteiger partial charge < -0.3 is 18.9 Å². The number of carbonyl (C=O) groups excluding carboxylic acids is 1. The number of rotatable bonds is 6. The summed E-state index contributed by atoms with van der Waals surface area (Å²) in [5, 5.41) is 0. The van der Waals surface area contributed by atoms with Crippen molar-refractivity contribution in [1.82, 2.24) is 19.4 Å². The SMILES string of the molecule is COCC(=O)N1CCn2c(COCc3ccncc3)cnc2[C@H]1C. The van der Waals surface area contributed by atoms with Crippen molar-refractivity contribution < 1.29 is 14.3 Å². The third-order valence-corrected chi connectivity index (χ3v) is 4.23. The van der Waals surface area contributed by atoms with E-state index < -0.39 is 0 Å². The molecule has 0 fully saturated rings. The van der Waals surface area contributed by atoms with Gasteiger partial charge in [0.2, 0.25) is 5.91 Å². The highest BCUT2D eigenvalue weighted by molar-refractivity contribution is 5.78. The molecule has 0 spiro atoms. The van der Waals surface area contributed by atoms with Crippen molar-refractivity contribution in [3.05, 3.63) is 47.8 Å². The average Bonchev–Trinajstić information content (AvgIpc) is 3.00. The van der Waals surface area contributed by atoms with Crippen molar-refractivity contribution in [3.63, 3.8) is 0 Å². The molecule has 2 aromatic rings. The zero-order valence-corrected chi connectivity index (χ0v) is 14.0. The molecule has 1 atom stereocenters. The molecule has 0 unspecified atom stereocenters. The fraction of sp³-hybridized carbons (Fsp3) is 0.471. The molecule has 1 aliphatic rings. The van der Waals surface area contributed by atoms with Crippen LogP contribution in [-0.2, 0) is 34.0 Å². The van der Waals surface area contributed by atoms with Crippen molar-refractivity contribution in [2.45, 2.75) is 32.7 Å². The lowest BCUT2D eigenvalue weighted by atomic mass is 10.2. The van der Waals surface area contributed by atoms with Crippen LogP contribution in [0, 0.1) is 0 Å². The number of fused-ring (bicyclic) bond motifs is 1. The Hall–Kier alpha value is -2.25. The Morgan fingerprint density at radius 3 is 2.83 bits per heavy atom. The lowest BCUT2D eigenvalue weighted by Gasteiger charge is -2.34. The van der Waals surface area contributed by atoms with Gasteiger partial charge in [-0.3, -0.25) is 9.78 Å². The van der Waals surface area contributed by atoms with Gasteiger partial charge in [0.05, 0.1) is 31.1 Å². The smallest absolute Gasteiger partial charge is 0.249 e. The predicted octanol–water partition coefficient (Wildman–Crippen LogP) is 1.54. The first kappa shape index (κ1) is 16.6. The molecule has 0 saturated heterocycles. The molecule has 128 valence electrons. The highest BCUT2D eigenvalue weighted by Gasteiger charge is 2.29. The zero-order chi connectivity index (χ0) is 16.9. The number of aromatic nitrogens is 3. The van der Waals surface area contributed by atoms with Crippen molar-refractivity contribution in [2.24, 2.45) is 0 Å². The van der Waals surface area contributed by atoms with Gasteiger partial charge in [-0.1, -0.05) is 0 Å². The molecule has 7 nitrogen and oxygen atoms in total. The maximum Gasteiger partial charge on any atom is 0.249 e. The number of carbonyl (C=O) groups is 1. The maximum atomic E-state index is 12.1. The summed E-state index contributed by atoms with van der Waals surface area (Å²) in [5.41, 5.74) is 2.12. The molecule has 0 saturated carbocycles. The molecule has 0 radical (unpaired) electrons. The quantitative estimate of drug-likeness (QED) is 0.804. The topological polar surface area (TPSA) is 69.5 Å².